The minimum absolute atomic E-state index is 0.182. The lowest BCUT2D eigenvalue weighted by atomic mass is 10.3. The highest BCUT2D eigenvalue weighted by atomic mass is 35.5. The maximum Gasteiger partial charge on any atom is 0.146 e. The van der Waals surface area contributed by atoms with Crippen molar-refractivity contribution in [1.82, 2.24) is 9.97 Å². The number of nitrogens with zero attached hydrogens (tertiary/aromatic N) is 3. The molecule has 20 heavy (non-hydrogen) atoms. The Morgan fingerprint density at radius 1 is 1.30 bits per heavy atom. The molecule has 0 radical (unpaired) electrons. The number of halogens is 3. The van der Waals surface area contributed by atoms with E-state index in [0.29, 0.717) is 17.0 Å². The molecule has 0 bridgehead atoms. The van der Waals surface area contributed by atoms with Gasteiger partial charge in [-0.25, -0.2) is 14.4 Å². The number of methoxy groups -OCH3 is 1. The number of aromatic nitrogens is 2. The van der Waals surface area contributed by atoms with Crippen LogP contribution in [0.5, 0.6) is 5.75 Å². The lowest BCUT2D eigenvalue weighted by molar-refractivity contribution is 0.413. The Balaban J connectivity index is 2.18. The predicted molar refractivity (Wildman–Crippen MR) is 76.2 cm³/mol. The lowest BCUT2D eigenvalue weighted by Crippen LogP contribution is -1.97. The highest BCUT2D eigenvalue weighted by Crippen LogP contribution is 2.25. The highest BCUT2D eigenvalue weighted by Gasteiger charge is 2.06. The Morgan fingerprint density at radius 3 is 2.65 bits per heavy atom. The minimum atomic E-state index is -0.404. The second kappa shape index (κ2) is 6.49. The first-order valence-corrected chi connectivity index (χ1v) is 6.16. The summed E-state index contributed by atoms with van der Waals surface area (Å²) in [7, 11) is 1.43. The molecular weight excluding hydrogens is 306 g/mol. The quantitative estimate of drug-likeness (QED) is 0.534. The summed E-state index contributed by atoms with van der Waals surface area (Å²) in [6.07, 6.45) is 2.62. The smallest absolute Gasteiger partial charge is 0.146 e. The number of hydrogen-bond acceptors (Lipinski definition) is 5. The van der Waals surface area contributed by atoms with Crippen LogP contribution in [-0.4, -0.2) is 23.3 Å². The van der Waals surface area contributed by atoms with Crippen LogP contribution in [0.1, 0.15) is 5.56 Å². The maximum atomic E-state index is 13.0. The molecule has 0 atom stereocenters. The van der Waals surface area contributed by atoms with Gasteiger partial charge in [-0.1, -0.05) is 23.2 Å². The van der Waals surface area contributed by atoms with Gasteiger partial charge in [0.15, 0.2) is 0 Å². The van der Waals surface area contributed by atoms with Gasteiger partial charge >= 0.3 is 0 Å². The first kappa shape index (κ1) is 14.5. The summed E-state index contributed by atoms with van der Waals surface area (Å²) in [6, 6.07) is 4.02. The van der Waals surface area contributed by atoms with E-state index < -0.39 is 5.82 Å². The molecule has 0 aliphatic heterocycles. The molecule has 0 aliphatic carbocycles. The molecule has 5 nitrogen and oxygen atoms in total. The van der Waals surface area contributed by atoms with Gasteiger partial charge in [0.05, 0.1) is 24.6 Å². The Hall–Kier alpha value is -1.92. The fourth-order valence-electron chi connectivity index (χ4n) is 1.38. The normalized spacial score (nSPS) is 10.8. The third-order valence-corrected chi connectivity index (χ3v) is 2.93. The van der Waals surface area contributed by atoms with E-state index >= 15 is 0 Å². The number of ether oxygens (including phenoxy) is 1. The van der Waals surface area contributed by atoms with E-state index in [1.54, 1.807) is 0 Å². The Labute approximate surface area is 124 Å². The molecule has 0 saturated carbocycles. The first-order valence-electron chi connectivity index (χ1n) is 5.40. The van der Waals surface area contributed by atoms with Crippen LogP contribution in [-0.2, 0) is 0 Å². The van der Waals surface area contributed by atoms with Gasteiger partial charge in [-0.15, -0.1) is 0 Å². The molecule has 1 heterocycles. The fraction of sp³-hybridized carbons (Fsp3) is 0.0833. The van der Waals surface area contributed by atoms with Crippen molar-refractivity contribution < 1.29 is 9.13 Å². The zero-order valence-electron chi connectivity index (χ0n) is 10.3. The van der Waals surface area contributed by atoms with Crippen LogP contribution in [0.25, 0.3) is 0 Å². The second-order valence-corrected chi connectivity index (χ2v) is 4.30. The van der Waals surface area contributed by atoms with Crippen molar-refractivity contribution in [1.29, 1.82) is 0 Å². The van der Waals surface area contributed by atoms with Crippen LogP contribution in [0, 0.1) is 5.82 Å². The van der Waals surface area contributed by atoms with Crippen molar-refractivity contribution in [3.05, 3.63) is 46.2 Å². The van der Waals surface area contributed by atoms with Crippen molar-refractivity contribution in [2.45, 2.75) is 0 Å². The molecule has 1 aromatic heterocycles. The van der Waals surface area contributed by atoms with Crippen LogP contribution < -0.4 is 10.2 Å². The van der Waals surface area contributed by atoms with E-state index in [2.05, 4.69) is 20.5 Å². The number of hydrazone groups is 1. The van der Waals surface area contributed by atoms with E-state index in [4.69, 9.17) is 27.9 Å². The Kier molecular flexibility index (Phi) is 4.70. The van der Waals surface area contributed by atoms with E-state index in [0.717, 1.165) is 0 Å². The van der Waals surface area contributed by atoms with Gasteiger partial charge in [0.2, 0.25) is 0 Å². The zero-order chi connectivity index (χ0) is 14.5. The van der Waals surface area contributed by atoms with Gasteiger partial charge < -0.3 is 4.74 Å². The topological polar surface area (TPSA) is 59.4 Å². The molecule has 2 aromatic rings. The van der Waals surface area contributed by atoms with E-state index in [1.165, 1.54) is 37.9 Å². The predicted octanol–water partition coefficient (Wildman–Crippen LogP) is 3.38. The minimum Gasteiger partial charge on any atom is -0.494 e. The Morgan fingerprint density at radius 2 is 2.00 bits per heavy atom. The summed E-state index contributed by atoms with van der Waals surface area (Å²) in [5.41, 5.74) is 3.57. The maximum absolute atomic E-state index is 13.0. The fourth-order valence-corrected chi connectivity index (χ4v) is 1.80. The summed E-state index contributed by atoms with van der Waals surface area (Å²) in [6.45, 7) is 0. The van der Waals surface area contributed by atoms with E-state index in [-0.39, 0.29) is 10.3 Å². The molecule has 0 amide bonds. The van der Waals surface area contributed by atoms with Gasteiger partial charge in [0, 0.05) is 6.07 Å². The average Bonchev–Trinajstić information content (AvgIpc) is 2.43. The molecule has 2 rings (SSSR count). The molecule has 0 saturated heterocycles. The Bertz CT molecular complexity index is 631. The summed E-state index contributed by atoms with van der Waals surface area (Å²) < 4.78 is 18.1. The summed E-state index contributed by atoms with van der Waals surface area (Å²) in [5, 5.41) is 4.31. The summed E-state index contributed by atoms with van der Waals surface area (Å²) in [5.74, 6) is -0.0809. The molecule has 104 valence electrons. The van der Waals surface area contributed by atoms with Gasteiger partial charge in [0.25, 0.3) is 0 Å². The molecule has 0 aliphatic rings. The molecule has 8 heteroatoms. The third kappa shape index (κ3) is 3.34. The number of anilines is 1. The number of rotatable bonds is 4. The SMILES string of the molecule is COc1cc(F)ccc1N/N=C/c1c(Cl)ncnc1Cl. The standard InChI is InChI=1S/C12H9Cl2FN4O/c1-20-10-4-7(15)2-3-9(10)19-18-5-8-11(13)16-6-17-12(8)14/h2-6,19H,1H3/b18-5+. The summed E-state index contributed by atoms with van der Waals surface area (Å²) >= 11 is 11.7. The van der Waals surface area contributed by atoms with Crippen LogP contribution in [0.4, 0.5) is 10.1 Å². The van der Waals surface area contributed by atoms with Crippen LogP contribution in [0.2, 0.25) is 10.3 Å². The van der Waals surface area contributed by atoms with Gasteiger partial charge in [-0.3, -0.25) is 5.43 Å². The van der Waals surface area contributed by atoms with Crippen LogP contribution in [0.3, 0.4) is 0 Å². The first-order chi connectivity index (χ1) is 9.61. The average molecular weight is 315 g/mol. The van der Waals surface area contributed by atoms with Crippen LogP contribution in [0.15, 0.2) is 29.6 Å². The van der Waals surface area contributed by atoms with E-state index in [1.807, 2.05) is 0 Å². The molecule has 0 fully saturated rings. The molecule has 1 aromatic carbocycles. The van der Waals surface area contributed by atoms with Crippen molar-refractivity contribution in [2.75, 3.05) is 12.5 Å². The van der Waals surface area contributed by atoms with Gasteiger partial charge in [0.1, 0.15) is 28.2 Å². The molecular formula is C12H9Cl2FN4O. The third-order valence-electron chi connectivity index (χ3n) is 2.33. The summed E-state index contributed by atoms with van der Waals surface area (Å²) in [4.78, 5) is 7.58. The van der Waals surface area contributed by atoms with E-state index in [9.17, 15) is 4.39 Å². The second-order valence-electron chi connectivity index (χ2n) is 3.58. The molecule has 0 unspecified atom stereocenters. The molecule has 1 N–H and O–H groups in total. The zero-order valence-corrected chi connectivity index (χ0v) is 11.8. The van der Waals surface area contributed by atoms with Crippen molar-refractivity contribution in [3.8, 4) is 5.75 Å². The van der Waals surface area contributed by atoms with Gasteiger partial charge in [-0.05, 0) is 12.1 Å². The van der Waals surface area contributed by atoms with Gasteiger partial charge in [-0.2, -0.15) is 5.10 Å². The van der Waals surface area contributed by atoms with Crippen molar-refractivity contribution in [3.63, 3.8) is 0 Å². The molecule has 0 spiro atoms. The largest absolute Gasteiger partial charge is 0.494 e. The number of hydrogen-bond donors (Lipinski definition) is 1. The van der Waals surface area contributed by atoms with Crippen molar-refractivity contribution >= 4 is 35.1 Å². The lowest BCUT2D eigenvalue weighted by Gasteiger charge is -2.07. The number of benzene rings is 1. The van der Waals surface area contributed by atoms with Crippen molar-refractivity contribution in [2.24, 2.45) is 5.10 Å². The van der Waals surface area contributed by atoms with Crippen LogP contribution >= 0.6 is 23.2 Å². The monoisotopic (exact) mass is 314 g/mol. The highest BCUT2D eigenvalue weighted by molar-refractivity contribution is 6.37. The number of nitrogens with one attached hydrogen (secondary N) is 1.